The summed E-state index contributed by atoms with van der Waals surface area (Å²) in [5, 5.41) is 8.09. The van der Waals surface area contributed by atoms with Gasteiger partial charge < -0.3 is 10.3 Å². The second kappa shape index (κ2) is 2.29. The molecular formula is C8H14N4. The zero-order chi connectivity index (χ0) is 8.77. The second-order valence-electron chi connectivity index (χ2n) is 3.64. The number of aryl methyl sites for hydroxylation is 1. The Kier molecular flexibility index (Phi) is 1.48. The molecule has 0 spiro atoms. The molecule has 0 aliphatic heterocycles. The third kappa shape index (κ3) is 0.876. The number of hydrogen-bond acceptors (Lipinski definition) is 3. The Morgan fingerprint density at radius 2 is 2.08 bits per heavy atom. The van der Waals surface area contributed by atoms with Crippen molar-refractivity contribution in [2.45, 2.75) is 31.7 Å². The monoisotopic (exact) mass is 166 g/mol. The average Bonchev–Trinajstić information content (AvgIpc) is 2.29. The van der Waals surface area contributed by atoms with E-state index in [1.165, 1.54) is 6.42 Å². The van der Waals surface area contributed by atoms with Gasteiger partial charge in [0.05, 0.1) is 5.54 Å². The molecule has 1 aliphatic rings. The van der Waals surface area contributed by atoms with Gasteiger partial charge in [-0.1, -0.05) is 0 Å². The predicted octanol–water partition coefficient (Wildman–Crippen LogP) is 0.461. The van der Waals surface area contributed by atoms with E-state index < -0.39 is 0 Å². The van der Waals surface area contributed by atoms with Gasteiger partial charge in [0.25, 0.3) is 0 Å². The van der Waals surface area contributed by atoms with E-state index in [9.17, 15) is 0 Å². The Labute approximate surface area is 71.8 Å². The zero-order valence-electron chi connectivity index (χ0n) is 7.54. The fraction of sp³-hybridized carbons (Fsp3) is 0.750. The minimum atomic E-state index is -0.185. The molecule has 1 heterocycles. The Bertz CT molecular complexity index is 298. The fourth-order valence-corrected chi connectivity index (χ4v) is 1.62. The molecular weight excluding hydrogens is 152 g/mol. The minimum Gasteiger partial charge on any atom is -0.319 e. The maximum absolute atomic E-state index is 6.11. The fourth-order valence-electron chi connectivity index (χ4n) is 1.62. The summed E-state index contributed by atoms with van der Waals surface area (Å²) in [6.45, 7) is 1.94. The summed E-state index contributed by atoms with van der Waals surface area (Å²) in [5.41, 5.74) is 5.93. The Hall–Kier alpha value is -0.900. The van der Waals surface area contributed by atoms with Crippen LogP contribution in [0.5, 0.6) is 0 Å². The summed E-state index contributed by atoms with van der Waals surface area (Å²) in [6, 6.07) is 0. The Morgan fingerprint density at radius 1 is 1.42 bits per heavy atom. The second-order valence-corrected chi connectivity index (χ2v) is 3.64. The summed E-state index contributed by atoms with van der Waals surface area (Å²) in [6.07, 6.45) is 3.29. The molecule has 0 amide bonds. The molecule has 0 atom stereocenters. The van der Waals surface area contributed by atoms with Crippen LogP contribution in [0.3, 0.4) is 0 Å². The van der Waals surface area contributed by atoms with Crippen LogP contribution in [0.1, 0.15) is 30.9 Å². The van der Waals surface area contributed by atoms with E-state index in [-0.39, 0.29) is 5.54 Å². The van der Waals surface area contributed by atoms with Crippen LogP contribution in [0.2, 0.25) is 0 Å². The topological polar surface area (TPSA) is 56.7 Å². The number of rotatable bonds is 1. The van der Waals surface area contributed by atoms with Gasteiger partial charge in [0.2, 0.25) is 0 Å². The first-order valence-electron chi connectivity index (χ1n) is 4.29. The lowest BCUT2D eigenvalue weighted by atomic mass is 9.77. The zero-order valence-corrected chi connectivity index (χ0v) is 7.54. The first kappa shape index (κ1) is 7.73. The largest absolute Gasteiger partial charge is 0.319 e. The molecule has 0 aromatic carbocycles. The molecule has 12 heavy (non-hydrogen) atoms. The van der Waals surface area contributed by atoms with Crippen molar-refractivity contribution in [2.24, 2.45) is 12.8 Å². The van der Waals surface area contributed by atoms with E-state index in [0.29, 0.717) is 0 Å². The lowest BCUT2D eigenvalue weighted by molar-refractivity contribution is 0.232. The van der Waals surface area contributed by atoms with Crippen LogP contribution in [-0.2, 0) is 12.6 Å². The highest BCUT2D eigenvalue weighted by Gasteiger charge is 2.38. The molecule has 4 nitrogen and oxygen atoms in total. The first-order chi connectivity index (χ1) is 5.63. The van der Waals surface area contributed by atoms with Gasteiger partial charge in [-0.15, -0.1) is 10.2 Å². The van der Waals surface area contributed by atoms with Gasteiger partial charge >= 0.3 is 0 Å². The number of aromatic nitrogens is 3. The molecule has 2 rings (SSSR count). The highest BCUT2D eigenvalue weighted by molar-refractivity contribution is 5.11. The van der Waals surface area contributed by atoms with E-state index >= 15 is 0 Å². The van der Waals surface area contributed by atoms with Crippen LogP contribution in [-0.4, -0.2) is 14.8 Å². The molecule has 1 aromatic rings. The van der Waals surface area contributed by atoms with Crippen molar-refractivity contribution in [3.8, 4) is 0 Å². The maximum Gasteiger partial charge on any atom is 0.152 e. The lowest BCUT2D eigenvalue weighted by Gasteiger charge is -2.36. The summed E-state index contributed by atoms with van der Waals surface area (Å²) in [7, 11) is 1.97. The van der Waals surface area contributed by atoms with Gasteiger partial charge in [0.15, 0.2) is 5.82 Å². The highest BCUT2D eigenvalue weighted by Crippen LogP contribution is 2.37. The molecule has 0 bridgehead atoms. The summed E-state index contributed by atoms with van der Waals surface area (Å²) < 4.78 is 1.99. The molecule has 1 fully saturated rings. The van der Waals surface area contributed by atoms with Gasteiger partial charge in [0.1, 0.15) is 5.82 Å². The van der Waals surface area contributed by atoms with E-state index in [2.05, 4.69) is 10.2 Å². The van der Waals surface area contributed by atoms with Crippen molar-refractivity contribution in [3.63, 3.8) is 0 Å². The quantitative estimate of drug-likeness (QED) is 0.659. The van der Waals surface area contributed by atoms with Crippen molar-refractivity contribution < 1.29 is 0 Å². The number of nitrogens with two attached hydrogens (primary N) is 1. The minimum absolute atomic E-state index is 0.185. The molecule has 1 saturated carbocycles. The van der Waals surface area contributed by atoms with Crippen LogP contribution in [0, 0.1) is 6.92 Å². The summed E-state index contributed by atoms with van der Waals surface area (Å²) >= 11 is 0. The average molecular weight is 166 g/mol. The molecule has 2 N–H and O–H groups in total. The highest BCUT2D eigenvalue weighted by atomic mass is 15.3. The van der Waals surface area contributed by atoms with Gasteiger partial charge in [-0.2, -0.15) is 0 Å². The number of hydrogen-bond donors (Lipinski definition) is 1. The Morgan fingerprint density at radius 3 is 2.42 bits per heavy atom. The maximum atomic E-state index is 6.11. The predicted molar refractivity (Wildman–Crippen MR) is 45.5 cm³/mol. The third-order valence-electron chi connectivity index (χ3n) is 2.78. The smallest absolute Gasteiger partial charge is 0.152 e. The summed E-state index contributed by atoms with van der Waals surface area (Å²) in [4.78, 5) is 0. The molecule has 66 valence electrons. The van der Waals surface area contributed by atoms with E-state index in [1.54, 1.807) is 0 Å². The standard InChI is InChI=1S/C8H14N4/c1-6-10-11-7(12(6)2)8(9)4-3-5-8/h3-5,9H2,1-2H3. The van der Waals surface area contributed by atoms with Crippen molar-refractivity contribution in [1.82, 2.24) is 14.8 Å². The van der Waals surface area contributed by atoms with Crippen LogP contribution < -0.4 is 5.73 Å². The van der Waals surface area contributed by atoms with Gasteiger partial charge in [-0.3, -0.25) is 0 Å². The lowest BCUT2D eigenvalue weighted by Crippen LogP contribution is -2.45. The molecule has 1 aromatic heterocycles. The third-order valence-corrected chi connectivity index (χ3v) is 2.78. The van der Waals surface area contributed by atoms with Crippen LogP contribution in [0.4, 0.5) is 0 Å². The van der Waals surface area contributed by atoms with Gasteiger partial charge in [-0.25, -0.2) is 0 Å². The van der Waals surface area contributed by atoms with E-state index in [4.69, 9.17) is 5.73 Å². The van der Waals surface area contributed by atoms with Crippen molar-refractivity contribution in [1.29, 1.82) is 0 Å². The summed E-state index contributed by atoms with van der Waals surface area (Å²) in [5.74, 6) is 1.87. The molecule has 4 heteroatoms. The van der Waals surface area contributed by atoms with Gasteiger partial charge in [0, 0.05) is 7.05 Å². The van der Waals surface area contributed by atoms with Crippen LogP contribution in [0.15, 0.2) is 0 Å². The molecule has 1 aliphatic carbocycles. The van der Waals surface area contributed by atoms with Crippen molar-refractivity contribution >= 4 is 0 Å². The number of nitrogens with zero attached hydrogens (tertiary/aromatic N) is 3. The normalized spacial score (nSPS) is 20.6. The molecule has 0 radical (unpaired) electrons. The first-order valence-corrected chi connectivity index (χ1v) is 4.29. The van der Waals surface area contributed by atoms with Crippen LogP contribution >= 0.6 is 0 Å². The van der Waals surface area contributed by atoms with Crippen molar-refractivity contribution in [3.05, 3.63) is 11.6 Å². The van der Waals surface area contributed by atoms with E-state index in [1.807, 2.05) is 18.5 Å². The van der Waals surface area contributed by atoms with Gasteiger partial charge in [-0.05, 0) is 26.2 Å². The van der Waals surface area contributed by atoms with E-state index in [0.717, 1.165) is 24.5 Å². The molecule has 0 unspecified atom stereocenters. The van der Waals surface area contributed by atoms with Crippen LogP contribution in [0.25, 0.3) is 0 Å². The molecule has 0 saturated heterocycles. The SMILES string of the molecule is Cc1nnc(C2(N)CCC2)n1C. The Balaban J connectivity index is 2.39. The van der Waals surface area contributed by atoms with Crippen molar-refractivity contribution in [2.75, 3.05) is 0 Å².